The van der Waals surface area contributed by atoms with Crippen molar-refractivity contribution in [1.82, 2.24) is 15.1 Å². The van der Waals surface area contributed by atoms with E-state index in [-0.39, 0.29) is 29.9 Å². The highest BCUT2D eigenvalue weighted by Gasteiger charge is 2.34. The van der Waals surface area contributed by atoms with Crippen LogP contribution >= 0.6 is 0 Å². The Bertz CT molecular complexity index is 839. The highest BCUT2D eigenvalue weighted by Crippen LogP contribution is 2.40. The quantitative estimate of drug-likeness (QED) is 0.822. The first-order valence-electron chi connectivity index (χ1n) is 8.83. The molecule has 0 atom stereocenters. The third kappa shape index (κ3) is 4.61. The highest BCUT2D eigenvalue weighted by molar-refractivity contribution is 5.95. The maximum atomic E-state index is 13.4. The molecule has 5 nitrogen and oxygen atoms in total. The number of rotatable bonds is 6. The van der Waals surface area contributed by atoms with Crippen LogP contribution in [-0.2, 0) is 19.8 Å². The van der Waals surface area contributed by atoms with Gasteiger partial charge in [0.15, 0.2) is 0 Å². The summed E-state index contributed by atoms with van der Waals surface area (Å²) in [4.78, 5) is 12.5. The number of alkyl halides is 3. The number of benzene rings is 1. The molecule has 1 aromatic carbocycles. The average Bonchev–Trinajstić information content (AvgIpc) is 3.34. The van der Waals surface area contributed by atoms with Crippen molar-refractivity contribution in [3.05, 3.63) is 46.8 Å². The van der Waals surface area contributed by atoms with Crippen LogP contribution in [-0.4, -0.2) is 21.8 Å². The summed E-state index contributed by atoms with van der Waals surface area (Å²) >= 11 is 0. The van der Waals surface area contributed by atoms with E-state index in [0.717, 1.165) is 18.9 Å². The van der Waals surface area contributed by atoms with Crippen molar-refractivity contribution in [1.29, 1.82) is 0 Å². The normalized spacial score (nSPS) is 14.5. The topological polar surface area (TPSA) is 56.1 Å². The fraction of sp³-hybridized carbons (Fsp3) is 0.474. The molecule has 3 rings (SSSR count). The van der Waals surface area contributed by atoms with Crippen molar-refractivity contribution in [2.24, 2.45) is 7.05 Å². The van der Waals surface area contributed by atoms with Crippen molar-refractivity contribution in [2.45, 2.75) is 51.4 Å². The second-order valence-electron chi connectivity index (χ2n) is 7.04. The van der Waals surface area contributed by atoms with Gasteiger partial charge in [-0.15, -0.1) is 0 Å². The van der Waals surface area contributed by atoms with E-state index in [1.165, 1.54) is 12.1 Å². The number of hydrogen-bond donors (Lipinski definition) is 1. The first kappa shape index (κ1) is 19.3. The van der Waals surface area contributed by atoms with E-state index in [9.17, 15) is 18.0 Å². The van der Waals surface area contributed by atoms with Crippen LogP contribution < -0.4 is 10.1 Å². The molecule has 0 unspecified atom stereocenters. The number of amides is 1. The van der Waals surface area contributed by atoms with Crippen LogP contribution in [0.25, 0.3) is 0 Å². The van der Waals surface area contributed by atoms with Crippen molar-refractivity contribution in [2.75, 3.05) is 0 Å². The van der Waals surface area contributed by atoms with E-state index in [4.69, 9.17) is 4.74 Å². The summed E-state index contributed by atoms with van der Waals surface area (Å²) in [7, 11) is 1.72. The number of aromatic nitrogens is 2. The molecular weight excluding hydrogens is 359 g/mol. The number of aryl methyl sites for hydroxylation is 1. The molecule has 0 radical (unpaired) electrons. The van der Waals surface area contributed by atoms with Crippen LogP contribution in [0.5, 0.6) is 5.75 Å². The molecule has 1 fully saturated rings. The average molecular weight is 381 g/mol. The molecule has 1 heterocycles. The van der Waals surface area contributed by atoms with Gasteiger partial charge in [0.2, 0.25) is 0 Å². The highest BCUT2D eigenvalue weighted by atomic mass is 19.4. The molecule has 1 aliphatic carbocycles. The summed E-state index contributed by atoms with van der Waals surface area (Å²) in [6, 6.07) is 3.80. The third-order valence-corrected chi connectivity index (χ3v) is 4.26. The molecule has 0 bridgehead atoms. The second kappa shape index (κ2) is 7.25. The van der Waals surface area contributed by atoms with Gasteiger partial charge in [-0.2, -0.15) is 18.3 Å². The Morgan fingerprint density at radius 1 is 1.37 bits per heavy atom. The summed E-state index contributed by atoms with van der Waals surface area (Å²) < 4.78 is 47.2. The number of carbonyl (C=O) groups is 1. The Morgan fingerprint density at radius 2 is 2.07 bits per heavy atom. The molecule has 1 N–H and O–H groups in total. The number of ether oxygens (including phenoxy) is 1. The van der Waals surface area contributed by atoms with Gasteiger partial charge in [-0.3, -0.25) is 9.48 Å². The van der Waals surface area contributed by atoms with Crippen LogP contribution in [0, 0.1) is 0 Å². The summed E-state index contributed by atoms with van der Waals surface area (Å²) in [5, 5.41) is 6.90. The summed E-state index contributed by atoms with van der Waals surface area (Å²) in [6.07, 6.45) is -1.21. The first-order valence-corrected chi connectivity index (χ1v) is 8.83. The van der Waals surface area contributed by atoms with Gasteiger partial charge < -0.3 is 10.1 Å². The number of hydrogen-bond acceptors (Lipinski definition) is 3. The van der Waals surface area contributed by atoms with Gasteiger partial charge >= 0.3 is 6.18 Å². The minimum Gasteiger partial charge on any atom is -0.491 e. The summed E-state index contributed by atoms with van der Waals surface area (Å²) in [6.45, 7) is 3.26. The molecule has 1 aliphatic rings. The van der Waals surface area contributed by atoms with Gasteiger partial charge in [0.05, 0.1) is 22.9 Å². The minimum atomic E-state index is -4.54. The van der Waals surface area contributed by atoms with E-state index in [0.29, 0.717) is 11.3 Å². The number of nitrogens with one attached hydrogen (secondary N) is 1. The van der Waals surface area contributed by atoms with Gasteiger partial charge in [-0.25, -0.2) is 0 Å². The standard InChI is InChI=1S/C19H22F3N3O2/c1-11(2)27-14-7-6-13(16(8-14)19(20,21)22)9-23-18(26)15-10-25(3)24-17(15)12-4-5-12/h6-8,10-12H,4-5,9H2,1-3H3,(H,23,26). The summed E-state index contributed by atoms with van der Waals surface area (Å²) in [5.41, 5.74) is 0.318. The SMILES string of the molecule is CC(C)Oc1ccc(CNC(=O)c2cn(C)nc2C2CC2)c(C(F)(F)F)c1. The smallest absolute Gasteiger partial charge is 0.416 e. The van der Waals surface area contributed by atoms with Crippen molar-refractivity contribution in [3.8, 4) is 5.75 Å². The number of nitrogens with zero attached hydrogens (tertiary/aromatic N) is 2. The lowest BCUT2D eigenvalue weighted by Crippen LogP contribution is -2.25. The van der Waals surface area contributed by atoms with Gasteiger partial charge in [0, 0.05) is 25.7 Å². The van der Waals surface area contributed by atoms with E-state index in [2.05, 4.69) is 10.4 Å². The number of halogens is 3. The van der Waals surface area contributed by atoms with Gasteiger partial charge in [-0.05, 0) is 44.4 Å². The molecule has 2 aromatic rings. The van der Waals surface area contributed by atoms with E-state index in [1.54, 1.807) is 31.8 Å². The van der Waals surface area contributed by atoms with Crippen LogP contribution in [0.4, 0.5) is 13.2 Å². The molecule has 146 valence electrons. The maximum absolute atomic E-state index is 13.4. The lowest BCUT2D eigenvalue weighted by Gasteiger charge is -2.17. The van der Waals surface area contributed by atoms with Crippen LogP contribution in [0.3, 0.4) is 0 Å². The fourth-order valence-corrected chi connectivity index (χ4v) is 2.93. The molecule has 1 saturated carbocycles. The molecule has 0 aliphatic heterocycles. The minimum absolute atomic E-state index is 0.0104. The van der Waals surface area contributed by atoms with E-state index >= 15 is 0 Å². The third-order valence-electron chi connectivity index (χ3n) is 4.26. The largest absolute Gasteiger partial charge is 0.491 e. The van der Waals surface area contributed by atoms with Crippen molar-refractivity contribution in [3.63, 3.8) is 0 Å². The lowest BCUT2D eigenvalue weighted by molar-refractivity contribution is -0.138. The molecule has 1 amide bonds. The number of carbonyl (C=O) groups excluding carboxylic acids is 1. The molecule has 27 heavy (non-hydrogen) atoms. The molecule has 0 spiro atoms. The predicted molar refractivity (Wildman–Crippen MR) is 93.6 cm³/mol. The van der Waals surface area contributed by atoms with Crippen molar-refractivity contribution < 1.29 is 22.7 Å². The lowest BCUT2D eigenvalue weighted by atomic mass is 10.1. The predicted octanol–water partition coefficient (Wildman–Crippen LogP) is 4.03. The zero-order valence-corrected chi connectivity index (χ0v) is 15.4. The Labute approximate surface area is 155 Å². The van der Waals surface area contributed by atoms with Crippen LogP contribution in [0.2, 0.25) is 0 Å². The zero-order chi connectivity index (χ0) is 19.8. The summed E-state index contributed by atoms with van der Waals surface area (Å²) in [5.74, 6) is 0.00136. The monoisotopic (exact) mass is 381 g/mol. The van der Waals surface area contributed by atoms with Crippen LogP contribution in [0.1, 0.15) is 59.8 Å². The van der Waals surface area contributed by atoms with Crippen molar-refractivity contribution >= 4 is 5.91 Å². The van der Waals surface area contributed by atoms with E-state index < -0.39 is 17.6 Å². The Balaban J connectivity index is 1.78. The zero-order valence-electron chi connectivity index (χ0n) is 15.4. The van der Waals surface area contributed by atoms with Gasteiger partial charge in [0.1, 0.15) is 5.75 Å². The molecule has 1 aromatic heterocycles. The maximum Gasteiger partial charge on any atom is 0.416 e. The second-order valence-corrected chi connectivity index (χ2v) is 7.04. The van der Waals surface area contributed by atoms with Crippen LogP contribution in [0.15, 0.2) is 24.4 Å². The molecular formula is C19H22F3N3O2. The first-order chi connectivity index (χ1) is 12.6. The Morgan fingerprint density at radius 3 is 2.67 bits per heavy atom. The molecule has 0 saturated heterocycles. The van der Waals surface area contributed by atoms with Gasteiger partial charge in [0.25, 0.3) is 5.91 Å². The Kier molecular flexibility index (Phi) is 5.17. The van der Waals surface area contributed by atoms with Gasteiger partial charge in [-0.1, -0.05) is 6.07 Å². The molecule has 8 heteroatoms. The van der Waals surface area contributed by atoms with E-state index in [1.807, 2.05) is 0 Å². The Hall–Kier alpha value is -2.51. The fourth-order valence-electron chi connectivity index (χ4n) is 2.93.